The Bertz CT molecular complexity index is 691. The molecule has 1 aliphatic carbocycles. The zero-order chi connectivity index (χ0) is 15.0. The fourth-order valence-electron chi connectivity index (χ4n) is 3.61. The molecule has 110 valence electrons. The SMILES string of the molecule is N=C1CCCC2=C1CC(c1ccccc1)(c1ccccc1)O2. The summed E-state index contributed by atoms with van der Waals surface area (Å²) >= 11 is 0. The van der Waals surface area contributed by atoms with Gasteiger partial charge in [-0.05, 0) is 12.8 Å². The number of nitrogens with one attached hydrogen (secondary N) is 1. The van der Waals surface area contributed by atoms with Crippen LogP contribution in [0.3, 0.4) is 0 Å². The Morgan fingerprint density at radius 2 is 1.41 bits per heavy atom. The van der Waals surface area contributed by atoms with E-state index in [1.54, 1.807) is 0 Å². The molecule has 0 aromatic heterocycles. The minimum Gasteiger partial charge on any atom is -0.481 e. The van der Waals surface area contributed by atoms with Crippen molar-refractivity contribution in [1.29, 1.82) is 5.41 Å². The second-order valence-electron chi connectivity index (χ2n) is 6.07. The van der Waals surface area contributed by atoms with Crippen LogP contribution in [0.1, 0.15) is 36.8 Å². The van der Waals surface area contributed by atoms with Gasteiger partial charge in [0.25, 0.3) is 0 Å². The highest BCUT2D eigenvalue weighted by Crippen LogP contribution is 2.49. The van der Waals surface area contributed by atoms with Crippen LogP contribution in [0.4, 0.5) is 0 Å². The Morgan fingerprint density at radius 3 is 1.95 bits per heavy atom. The van der Waals surface area contributed by atoms with Gasteiger partial charge in [-0.2, -0.15) is 0 Å². The lowest BCUT2D eigenvalue weighted by Gasteiger charge is -2.31. The summed E-state index contributed by atoms with van der Waals surface area (Å²) in [6.45, 7) is 0. The van der Waals surface area contributed by atoms with Crippen molar-refractivity contribution >= 4 is 5.71 Å². The van der Waals surface area contributed by atoms with Crippen LogP contribution in [0.5, 0.6) is 0 Å². The van der Waals surface area contributed by atoms with Gasteiger partial charge in [-0.3, -0.25) is 0 Å². The van der Waals surface area contributed by atoms with E-state index in [4.69, 9.17) is 10.1 Å². The Labute approximate surface area is 131 Å². The molecule has 0 radical (unpaired) electrons. The van der Waals surface area contributed by atoms with Crippen molar-refractivity contribution < 1.29 is 4.74 Å². The fourth-order valence-corrected chi connectivity index (χ4v) is 3.61. The number of hydrogen-bond acceptors (Lipinski definition) is 2. The van der Waals surface area contributed by atoms with Crippen LogP contribution >= 0.6 is 0 Å². The third-order valence-corrected chi connectivity index (χ3v) is 4.73. The highest BCUT2D eigenvalue weighted by atomic mass is 16.5. The molecule has 2 aromatic rings. The topological polar surface area (TPSA) is 33.1 Å². The lowest BCUT2D eigenvalue weighted by atomic mass is 9.80. The van der Waals surface area contributed by atoms with E-state index in [0.717, 1.165) is 42.7 Å². The normalized spacial score (nSPS) is 19.7. The summed E-state index contributed by atoms with van der Waals surface area (Å²) in [5.74, 6) is 1.03. The molecule has 0 atom stereocenters. The number of rotatable bonds is 2. The molecule has 0 saturated heterocycles. The highest BCUT2D eigenvalue weighted by molar-refractivity contribution is 5.99. The van der Waals surface area contributed by atoms with Gasteiger partial charge in [-0.25, -0.2) is 0 Å². The van der Waals surface area contributed by atoms with Crippen LogP contribution < -0.4 is 0 Å². The van der Waals surface area contributed by atoms with Gasteiger partial charge in [0, 0.05) is 35.3 Å². The third-order valence-electron chi connectivity index (χ3n) is 4.73. The molecule has 0 saturated carbocycles. The average molecular weight is 289 g/mol. The third kappa shape index (κ3) is 1.98. The summed E-state index contributed by atoms with van der Waals surface area (Å²) in [5, 5.41) is 8.28. The van der Waals surface area contributed by atoms with E-state index in [1.807, 2.05) is 12.1 Å². The lowest BCUT2D eigenvalue weighted by molar-refractivity contribution is 0.0562. The Hall–Kier alpha value is -2.35. The number of hydrogen-bond donors (Lipinski definition) is 1. The van der Waals surface area contributed by atoms with Gasteiger partial charge in [0.05, 0.1) is 0 Å². The summed E-state index contributed by atoms with van der Waals surface area (Å²) in [4.78, 5) is 0. The molecule has 0 amide bonds. The predicted molar refractivity (Wildman–Crippen MR) is 88.0 cm³/mol. The minimum absolute atomic E-state index is 0.468. The predicted octanol–water partition coefficient (Wildman–Crippen LogP) is 4.81. The van der Waals surface area contributed by atoms with Crippen molar-refractivity contribution in [3.63, 3.8) is 0 Å². The maximum atomic E-state index is 8.28. The quantitative estimate of drug-likeness (QED) is 0.845. The minimum atomic E-state index is -0.468. The fraction of sp³-hybridized carbons (Fsp3) is 0.250. The molecule has 1 N–H and O–H groups in total. The number of benzene rings is 2. The van der Waals surface area contributed by atoms with Crippen molar-refractivity contribution in [3.8, 4) is 0 Å². The van der Waals surface area contributed by atoms with Gasteiger partial charge >= 0.3 is 0 Å². The lowest BCUT2D eigenvalue weighted by Crippen LogP contribution is -2.27. The van der Waals surface area contributed by atoms with Gasteiger partial charge in [-0.15, -0.1) is 0 Å². The summed E-state index contributed by atoms with van der Waals surface area (Å²) in [6, 6.07) is 20.9. The molecule has 22 heavy (non-hydrogen) atoms. The summed E-state index contributed by atoms with van der Waals surface area (Å²) in [7, 11) is 0. The maximum Gasteiger partial charge on any atom is 0.163 e. The molecule has 0 bridgehead atoms. The van der Waals surface area contributed by atoms with Crippen LogP contribution in [0.15, 0.2) is 72.0 Å². The molecule has 4 rings (SSSR count). The molecule has 2 nitrogen and oxygen atoms in total. The van der Waals surface area contributed by atoms with Crippen LogP contribution in [0.2, 0.25) is 0 Å². The first-order chi connectivity index (χ1) is 10.8. The van der Waals surface area contributed by atoms with Gasteiger partial charge in [0.1, 0.15) is 5.76 Å². The molecule has 0 spiro atoms. The zero-order valence-corrected chi connectivity index (χ0v) is 12.5. The Balaban J connectivity index is 1.85. The molecular formula is C20H19NO. The van der Waals surface area contributed by atoms with Gasteiger partial charge < -0.3 is 10.1 Å². The first kappa shape index (κ1) is 13.3. The van der Waals surface area contributed by atoms with E-state index in [1.165, 1.54) is 11.1 Å². The van der Waals surface area contributed by atoms with E-state index in [9.17, 15) is 0 Å². The molecule has 2 aromatic carbocycles. The number of allylic oxidation sites excluding steroid dienone is 1. The van der Waals surface area contributed by atoms with Crippen molar-refractivity contribution in [2.75, 3.05) is 0 Å². The molecular weight excluding hydrogens is 270 g/mol. The molecule has 2 heteroatoms. The first-order valence-electron chi connectivity index (χ1n) is 7.89. The molecule has 1 aliphatic heterocycles. The van der Waals surface area contributed by atoms with Crippen LogP contribution in [-0.4, -0.2) is 5.71 Å². The van der Waals surface area contributed by atoms with Crippen LogP contribution in [-0.2, 0) is 10.3 Å². The van der Waals surface area contributed by atoms with Crippen molar-refractivity contribution in [2.45, 2.75) is 31.3 Å². The summed E-state index contributed by atoms with van der Waals surface area (Å²) in [5.41, 5.74) is 3.75. The summed E-state index contributed by atoms with van der Waals surface area (Å²) in [6.07, 6.45) is 3.63. The Kier molecular flexibility index (Phi) is 3.11. The van der Waals surface area contributed by atoms with Crippen molar-refractivity contribution in [3.05, 3.63) is 83.1 Å². The smallest absolute Gasteiger partial charge is 0.163 e. The van der Waals surface area contributed by atoms with Crippen LogP contribution in [0.25, 0.3) is 0 Å². The van der Waals surface area contributed by atoms with E-state index >= 15 is 0 Å². The van der Waals surface area contributed by atoms with E-state index in [2.05, 4.69) is 48.5 Å². The van der Waals surface area contributed by atoms with Crippen molar-refractivity contribution in [2.24, 2.45) is 0 Å². The molecule has 0 fully saturated rings. The summed E-state index contributed by atoms with van der Waals surface area (Å²) < 4.78 is 6.53. The Morgan fingerprint density at radius 1 is 0.818 bits per heavy atom. The van der Waals surface area contributed by atoms with Crippen molar-refractivity contribution in [1.82, 2.24) is 0 Å². The molecule has 1 heterocycles. The van der Waals surface area contributed by atoms with Gasteiger partial charge in [0.15, 0.2) is 5.60 Å². The zero-order valence-electron chi connectivity index (χ0n) is 12.5. The van der Waals surface area contributed by atoms with E-state index < -0.39 is 5.60 Å². The van der Waals surface area contributed by atoms with Gasteiger partial charge in [-0.1, -0.05) is 60.7 Å². The highest BCUT2D eigenvalue weighted by Gasteiger charge is 2.45. The largest absolute Gasteiger partial charge is 0.481 e. The van der Waals surface area contributed by atoms with E-state index in [-0.39, 0.29) is 0 Å². The molecule has 2 aliphatic rings. The second kappa shape index (κ2) is 5.13. The standard InChI is InChI=1S/C20H19NO/c21-18-12-7-13-19-17(18)14-20(22-19,15-8-3-1-4-9-15)16-10-5-2-6-11-16/h1-6,8-11,21H,7,12-14H2. The maximum absolute atomic E-state index is 8.28. The first-order valence-corrected chi connectivity index (χ1v) is 7.89. The second-order valence-corrected chi connectivity index (χ2v) is 6.07. The monoisotopic (exact) mass is 289 g/mol. The number of ether oxygens (including phenoxy) is 1. The van der Waals surface area contributed by atoms with Crippen LogP contribution in [0, 0.1) is 5.41 Å². The molecule has 0 unspecified atom stereocenters. The van der Waals surface area contributed by atoms with E-state index in [0.29, 0.717) is 0 Å². The van der Waals surface area contributed by atoms with Gasteiger partial charge in [0.2, 0.25) is 0 Å². The average Bonchev–Trinajstić information content (AvgIpc) is 2.99.